The highest BCUT2D eigenvalue weighted by Gasteiger charge is 2.42. The van der Waals surface area contributed by atoms with Gasteiger partial charge in [-0.1, -0.05) is 24.3 Å². The van der Waals surface area contributed by atoms with Crippen molar-refractivity contribution in [1.29, 1.82) is 0 Å². The third kappa shape index (κ3) is 2.23. The summed E-state index contributed by atoms with van der Waals surface area (Å²) < 4.78 is 0. The van der Waals surface area contributed by atoms with Crippen LogP contribution >= 0.6 is 0 Å². The second-order valence-corrected chi connectivity index (χ2v) is 4.38. The monoisotopic (exact) mass is 221 g/mol. The van der Waals surface area contributed by atoms with Gasteiger partial charge in [-0.2, -0.15) is 0 Å². The van der Waals surface area contributed by atoms with Crippen LogP contribution < -0.4 is 5.73 Å². The number of carboxylic acid groups (broad SMARTS) is 1. The van der Waals surface area contributed by atoms with Crippen LogP contribution in [0.5, 0.6) is 0 Å². The molecule has 1 aromatic rings. The van der Waals surface area contributed by atoms with Crippen molar-refractivity contribution >= 4 is 5.97 Å². The third-order valence-electron chi connectivity index (χ3n) is 2.96. The molecule has 1 fully saturated rings. The minimum absolute atomic E-state index is 0.291. The first-order valence-electron chi connectivity index (χ1n) is 5.31. The fourth-order valence-electron chi connectivity index (χ4n) is 1.74. The lowest BCUT2D eigenvalue weighted by molar-refractivity contribution is -0.138. The molecular formula is C12H15NO3. The Balaban J connectivity index is 2.13. The Morgan fingerprint density at radius 2 is 2.19 bits per heavy atom. The second-order valence-electron chi connectivity index (χ2n) is 4.38. The molecule has 2 rings (SSSR count). The Morgan fingerprint density at radius 3 is 2.75 bits per heavy atom. The van der Waals surface area contributed by atoms with Gasteiger partial charge in [-0.05, 0) is 30.4 Å². The molecule has 1 unspecified atom stereocenters. The summed E-state index contributed by atoms with van der Waals surface area (Å²) in [4.78, 5) is 10.6. The summed E-state index contributed by atoms with van der Waals surface area (Å²) >= 11 is 0. The van der Waals surface area contributed by atoms with Gasteiger partial charge in [0.15, 0.2) is 0 Å². The van der Waals surface area contributed by atoms with Crippen molar-refractivity contribution in [3.8, 4) is 0 Å². The Kier molecular flexibility index (Phi) is 2.69. The van der Waals surface area contributed by atoms with Crippen molar-refractivity contribution in [2.45, 2.75) is 30.9 Å². The van der Waals surface area contributed by atoms with Gasteiger partial charge in [-0.3, -0.25) is 4.79 Å². The molecule has 0 aromatic heterocycles. The quantitative estimate of drug-likeness (QED) is 0.696. The molecule has 1 aromatic carbocycles. The van der Waals surface area contributed by atoms with Gasteiger partial charge in [0, 0.05) is 0 Å². The minimum atomic E-state index is -1.00. The van der Waals surface area contributed by atoms with Crippen molar-refractivity contribution in [3.05, 3.63) is 35.4 Å². The van der Waals surface area contributed by atoms with Gasteiger partial charge in [-0.15, -0.1) is 0 Å². The van der Waals surface area contributed by atoms with Crippen LogP contribution in [0.4, 0.5) is 0 Å². The number of carboxylic acids is 1. The van der Waals surface area contributed by atoms with Crippen molar-refractivity contribution in [2.75, 3.05) is 0 Å². The smallest absolute Gasteiger partial charge is 0.320 e. The van der Waals surface area contributed by atoms with E-state index < -0.39 is 17.6 Å². The van der Waals surface area contributed by atoms with E-state index in [2.05, 4.69) is 0 Å². The van der Waals surface area contributed by atoms with Gasteiger partial charge in [0.1, 0.15) is 6.04 Å². The maximum absolute atomic E-state index is 10.6. The molecule has 0 radical (unpaired) electrons. The topological polar surface area (TPSA) is 83.5 Å². The zero-order chi connectivity index (χ0) is 11.8. The molecule has 86 valence electrons. The summed E-state index contributed by atoms with van der Waals surface area (Å²) in [7, 11) is 0. The fourth-order valence-corrected chi connectivity index (χ4v) is 1.74. The van der Waals surface area contributed by atoms with Crippen LogP contribution in [0.25, 0.3) is 0 Å². The molecule has 0 spiro atoms. The van der Waals surface area contributed by atoms with Crippen LogP contribution in [0.1, 0.15) is 24.0 Å². The van der Waals surface area contributed by atoms with Crippen LogP contribution in [0.2, 0.25) is 0 Å². The van der Waals surface area contributed by atoms with Crippen molar-refractivity contribution in [2.24, 2.45) is 5.73 Å². The first-order valence-corrected chi connectivity index (χ1v) is 5.31. The molecule has 1 aliphatic carbocycles. The summed E-state index contributed by atoms with van der Waals surface area (Å²) in [6, 6.07) is 6.48. The maximum Gasteiger partial charge on any atom is 0.320 e. The number of aliphatic carboxylic acids is 1. The Hall–Kier alpha value is -1.39. The van der Waals surface area contributed by atoms with Gasteiger partial charge in [-0.25, -0.2) is 0 Å². The molecule has 16 heavy (non-hydrogen) atoms. The lowest BCUT2D eigenvalue weighted by Crippen LogP contribution is -2.32. The summed E-state index contributed by atoms with van der Waals surface area (Å²) in [5.41, 5.74) is 6.50. The van der Waals surface area contributed by atoms with Gasteiger partial charge < -0.3 is 15.9 Å². The first kappa shape index (κ1) is 11.1. The molecule has 1 saturated carbocycles. The standard InChI is InChI=1S/C12H15NO3/c13-10(11(14)15)7-8-2-1-3-9(6-8)12(16)4-5-12/h1-3,6,10,16H,4-5,7,13H2,(H,14,15). The molecule has 0 bridgehead atoms. The van der Waals surface area contributed by atoms with Crippen molar-refractivity contribution < 1.29 is 15.0 Å². The zero-order valence-corrected chi connectivity index (χ0v) is 8.89. The molecule has 1 aliphatic rings. The molecule has 4 heteroatoms. The number of hydrogen-bond donors (Lipinski definition) is 3. The number of aliphatic hydroxyl groups is 1. The molecule has 0 heterocycles. The maximum atomic E-state index is 10.6. The van der Waals surface area contributed by atoms with Crippen LogP contribution in [0, 0.1) is 0 Å². The normalized spacial score (nSPS) is 19.1. The summed E-state index contributed by atoms with van der Waals surface area (Å²) in [6.45, 7) is 0. The van der Waals surface area contributed by atoms with E-state index in [1.165, 1.54) is 0 Å². The van der Waals surface area contributed by atoms with Crippen LogP contribution in [0.3, 0.4) is 0 Å². The predicted octanol–water partition coefficient (Wildman–Crippen LogP) is 0.622. The average molecular weight is 221 g/mol. The largest absolute Gasteiger partial charge is 0.480 e. The number of benzene rings is 1. The number of carbonyl (C=O) groups is 1. The van der Waals surface area contributed by atoms with E-state index in [1.807, 2.05) is 24.3 Å². The summed E-state index contributed by atoms with van der Waals surface area (Å²) in [5, 5.41) is 18.6. The minimum Gasteiger partial charge on any atom is -0.480 e. The van der Waals surface area contributed by atoms with Gasteiger partial charge in [0.25, 0.3) is 0 Å². The highest BCUT2D eigenvalue weighted by Crippen LogP contribution is 2.45. The number of hydrogen-bond acceptors (Lipinski definition) is 3. The van der Waals surface area contributed by atoms with E-state index in [1.54, 1.807) is 0 Å². The second kappa shape index (κ2) is 3.88. The van der Waals surface area contributed by atoms with E-state index in [-0.39, 0.29) is 0 Å². The Bertz CT molecular complexity index is 412. The van der Waals surface area contributed by atoms with E-state index >= 15 is 0 Å². The molecule has 0 aliphatic heterocycles. The third-order valence-corrected chi connectivity index (χ3v) is 2.96. The fraction of sp³-hybridized carbons (Fsp3) is 0.417. The molecule has 0 saturated heterocycles. The SMILES string of the molecule is NC(Cc1cccc(C2(O)CC2)c1)C(=O)O. The lowest BCUT2D eigenvalue weighted by atomic mass is 10.0. The molecule has 4 nitrogen and oxygen atoms in total. The zero-order valence-electron chi connectivity index (χ0n) is 8.89. The van der Waals surface area contributed by atoms with Gasteiger partial charge in [0.05, 0.1) is 5.60 Å². The number of rotatable bonds is 4. The molecule has 0 amide bonds. The van der Waals surface area contributed by atoms with Gasteiger partial charge >= 0.3 is 5.97 Å². The Labute approximate surface area is 93.7 Å². The van der Waals surface area contributed by atoms with Crippen LogP contribution in [-0.4, -0.2) is 22.2 Å². The highest BCUT2D eigenvalue weighted by atomic mass is 16.4. The molecular weight excluding hydrogens is 206 g/mol. The number of nitrogens with two attached hydrogens (primary N) is 1. The lowest BCUT2D eigenvalue weighted by Gasteiger charge is -2.11. The molecule has 1 atom stereocenters. The summed E-state index contributed by atoms with van der Waals surface area (Å²) in [5.74, 6) is -1.00. The van der Waals surface area contributed by atoms with E-state index in [9.17, 15) is 9.90 Å². The average Bonchev–Trinajstić information content (AvgIpc) is 2.98. The van der Waals surface area contributed by atoms with E-state index in [4.69, 9.17) is 10.8 Å². The van der Waals surface area contributed by atoms with Crippen LogP contribution in [-0.2, 0) is 16.8 Å². The molecule has 4 N–H and O–H groups in total. The van der Waals surface area contributed by atoms with E-state index in [0.29, 0.717) is 6.42 Å². The first-order chi connectivity index (χ1) is 7.51. The van der Waals surface area contributed by atoms with Crippen molar-refractivity contribution in [3.63, 3.8) is 0 Å². The van der Waals surface area contributed by atoms with Crippen molar-refractivity contribution in [1.82, 2.24) is 0 Å². The Morgan fingerprint density at radius 1 is 1.50 bits per heavy atom. The predicted molar refractivity (Wildman–Crippen MR) is 58.9 cm³/mol. The van der Waals surface area contributed by atoms with Gasteiger partial charge in [0.2, 0.25) is 0 Å². The summed E-state index contributed by atoms with van der Waals surface area (Å²) in [6.07, 6.45) is 1.85. The van der Waals surface area contributed by atoms with Crippen LogP contribution in [0.15, 0.2) is 24.3 Å². The highest BCUT2D eigenvalue weighted by molar-refractivity contribution is 5.73. The van der Waals surface area contributed by atoms with E-state index in [0.717, 1.165) is 24.0 Å².